The highest BCUT2D eigenvalue weighted by Crippen LogP contribution is 2.32. The number of phenolic OH excluding ortho intramolecular Hbond substituents is 1. The number of carboxylic acid groups (broad SMARTS) is 1. The molecule has 1 aromatic rings. The normalized spacial score (nSPS) is 10.2. The molecule has 1 rings (SSSR count). The largest absolute Gasteiger partial charge is 0.507 e. The smallest absolute Gasteiger partial charge is 0.318 e. The van der Waals surface area contributed by atoms with E-state index in [0.29, 0.717) is 17.6 Å². The van der Waals surface area contributed by atoms with Crippen molar-refractivity contribution in [1.82, 2.24) is 0 Å². The summed E-state index contributed by atoms with van der Waals surface area (Å²) >= 11 is 4.74. The van der Waals surface area contributed by atoms with Gasteiger partial charge >= 0.3 is 5.97 Å². The predicted octanol–water partition coefficient (Wildman–Crippen LogP) is 3.95. The van der Waals surface area contributed by atoms with Gasteiger partial charge in [0.25, 0.3) is 0 Å². The fourth-order valence-corrected chi connectivity index (χ4v) is 1.51. The summed E-state index contributed by atoms with van der Waals surface area (Å²) in [5.41, 5.74) is 2.09. The summed E-state index contributed by atoms with van der Waals surface area (Å²) in [4.78, 5) is 9.24. The van der Waals surface area contributed by atoms with Crippen LogP contribution in [-0.4, -0.2) is 22.1 Å². The van der Waals surface area contributed by atoms with Crippen molar-refractivity contribution in [2.45, 2.75) is 39.5 Å². The lowest BCUT2D eigenvalue weighted by atomic mass is 9.94. The number of phenols is 1. The van der Waals surface area contributed by atoms with Crippen molar-refractivity contribution in [3.63, 3.8) is 0 Å². The summed E-state index contributed by atoms with van der Waals surface area (Å²) in [6.45, 7) is 8.39. The molecule has 102 valence electrons. The SMILES string of the molecule is CC(C)c1cccc(C(C)C)c1O.O=C(O)CCl. The summed E-state index contributed by atoms with van der Waals surface area (Å²) in [6.07, 6.45) is 0. The number of aliphatic carboxylic acids is 1. The number of aromatic hydroxyl groups is 1. The number of halogens is 1. The van der Waals surface area contributed by atoms with Crippen molar-refractivity contribution in [3.05, 3.63) is 29.3 Å². The number of para-hydroxylation sites is 1. The van der Waals surface area contributed by atoms with Gasteiger partial charge in [-0.1, -0.05) is 45.9 Å². The van der Waals surface area contributed by atoms with Gasteiger partial charge in [-0.05, 0) is 23.0 Å². The highest BCUT2D eigenvalue weighted by Gasteiger charge is 2.11. The number of hydrogen-bond acceptors (Lipinski definition) is 2. The van der Waals surface area contributed by atoms with Crippen molar-refractivity contribution in [3.8, 4) is 5.75 Å². The third kappa shape index (κ3) is 5.41. The lowest BCUT2D eigenvalue weighted by Gasteiger charge is -2.14. The Morgan fingerprint density at radius 2 is 1.50 bits per heavy atom. The molecule has 0 saturated carbocycles. The van der Waals surface area contributed by atoms with Gasteiger partial charge < -0.3 is 10.2 Å². The molecular weight excluding hydrogens is 252 g/mol. The van der Waals surface area contributed by atoms with Crippen LogP contribution in [0.3, 0.4) is 0 Å². The molecule has 1 aromatic carbocycles. The van der Waals surface area contributed by atoms with Crippen molar-refractivity contribution in [2.75, 3.05) is 5.88 Å². The molecule has 0 aliphatic rings. The fraction of sp³-hybridized carbons (Fsp3) is 0.500. The minimum absolute atomic E-state index is 0.306. The molecule has 0 aliphatic heterocycles. The van der Waals surface area contributed by atoms with Gasteiger partial charge in [-0.3, -0.25) is 4.79 Å². The third-order valence-electron chi connectivity index (χ3n) is 2.46. The molecule has 0 radical (unpaired) electrons. The van der Waals surface area contributed by atoms with E-state index in [2.05, 4.69) is 27.7 Å². The van der Waals surface area contributed by atoms with E-state index < -0.39 is 5.97 Å². The molecule has 0 unspecified atom stereocenters. The molecule has 3 nitrogen and oxygen atoms in total. The van der Waals surface area contributed by atoms with E-state index in [0.717, 1.165) is 11.1 Å². The van der Waals surface area contributed by atoms with E-state index in [1.54, 1.807) is 0 Å². The summed E-state index contributed by atoms with van der Waals surface area (Å²) in [6, 6.07) is 6.00. The second kappa shape index (κ2) is 7.98. The topological polar surface area (TPSA) is 57.5 Å². The second-order valence-corrected chi connectivity index (χ2v) is 4.89. The molecule has 0 bridgehead atoms. The Labute approximate surface area is 113 Å². The fourth-order valence-electron chi connectivity index (χ4n) is 1.51. The van der Waals surface area contributed by atoms with Gasteiger partial charge in [-0.15, -0.1) is 11.6 Å². The molecule has 0 heterocycles. The quantitative estimate of drug-likeness (QED) is 0.819. The van der Waals surface area contributed by atoms with Gasteiger partial charge in [0.15, 0.2) is 0 Å². The molecule has 18 heavy (non-hydrogen) atoms. The molecule has 0 atom stereocenters. The maximum absolute atomic E-state index is 9.93. The Hall–Kier alpha value is -1.22. The monoisotopic (exact) mass is 272 g/mol. The first-order valence-electron chi connectivity index (χ1n) is 5.90. The van der Waals surface area contributed by atoms with Crippen LogP contribution >= 0.6 is 11.6 Å². The van der Waals surface area contributed by atoms with Crippen molar-refractivity contribution >= 4 is 17.6 Å². The van der Waals surface area contributed by atoms with Crippen LogP contribution in [0.1, 0.15) is 50.7 Å². The van der Waals surface area contributed by atoms with Crippen LogP contribution in [0.4, 0.5) is 0 Å². The minimum atomic E-state index is -0.980. The average Bonchev–Trinajstić information content (AvgIpc) is 2.29. The van der Waals surface area contributed by atoms with Gasteiger partial charge in [0.05, 0.1) is 0 Å². The Bertz CT molecular complexity index is 360. The van der Waals surface area contributed by atoms with Crippen LogP contribution in [0.25, 0.3) is 0 Å². The lowest BCUT2D eigenvalue weighted by molar-refractivity contribution is -0.134. The van der Waals surface area contributed by atoms with E-state index in [-0.39, 0.29) is 5.88 Å². The zero-order valence-electron chi connectivity index (χ0n) is 11.3. The van der Waals surface area contributed by atoms with Gasteiger partial charge in [-0.2, -0.15) is 0 Å². The van der Waals surface area contributed by atoms with E-state index in [9.17, 15) is 9.90 Å². The molecule has 4 heteroatoms. The molecule has 0 amide bonds. The maximum atomic E-state index is 9.93. The number of carbonyl (C=O) groups is 1. The van der Waals surface area contributed by atoms with Crippen molar-refractivity contribution in [1.29, 1.82) is 0 Å². The van der Waals surface area contributed by atoms with Crippen LogP contribution in [0.2, 0.25) is 0 Å². The first kappa shape index (κ1) is 16.8. The summed E-state index contributed by atoms with van der Waals surface area (Å²) in [5, 5.41) is 17.5. The molecule has 0 spiro atoms. The van der Waals surface area contributed by atoms with E-state index in [1.165, 1.54) is 0 Å². The highest BCUT2D eigenvalue weighted by molar-refractivity contribution is 6.26. The standard InChI is InChI=1S/C12H18O.C2H3ClO2/c1-8(2)10-6-5-7-11(9(3)4)12(10)13;3-1-2(4)5/h5-9,13H,1-4H3;1H2,(H,4,5). The number of alkyl halides is 1. The maximum Gasteiger partial charge on any atom is 0.318 e. The first-order valence-corrected chi connectivity index (χ1v) is 6.44. The number of hydrogen-bond donors (Lipinski definition) is 2. The predicted molar refractivity (Wildman–Crippen MR) is 74.6 cm³/mol. The van der Waals surface area contributed by atoms with Crippen LogP contribution in [0.15, 0.2) is 18.2 Å². The Balaban J connectivity index is 0.000000494. The molecule has 0 saturated heterocycles. The van der Waals surface area contributed by atoms with Crippen LogP contribution in [-0.2, 0) is 4.79 Å². The van der Waals surface area contributed by atoms with Gasteiger partial charge in [0.1, 0.15) is 11.6 Å². The van der Waals surface area contributed by atoms with Crippen molar-refractivity contribution < 1.29 is 15.0 Å². The zero-order chi connectivity index (χ0) is 14.3. The Kier molecular flexibility index (Phi) is 7.44. The zero-order valence-corrected chi connectivity index (χ0v) is 12.0. The van der Waals surface area contributed by atoms with Crippen molar-refractivity contribution in [2.24, 2.45) is 0 Å². The minimum Gasteiger partial charge on any atom is -0.507 e. The molecule has 0 aromatic heterocycles. The van der Waals surface area contributed by atoms with E-state index in [4.69, 9.17) is 16.7 Å². The molecular formula is C14H21ClO3. The van der Waals surface area contributed by atoms with E-state index >= 15 is 0 Å². The highest BCUT2D eigenvalue weighted by atomic mass is 35.5. The number of benzene rings is 1. The van der Waals surface area contributed by atoms with Gasteiger partial charge in [-0.25, -0.2) is 0 Å². The summed E-state index contributed by atoms with van der Waals surface area (Å²) in [7, 11) is 0. The summed E-state index contributed by atoms with van der Waals surface area (Å²) < 4.78 is 0. The van der Waals surface area contributed by atoms with Crippen LogP contribution in [0.5, 0.6) is 5.75 Å². The molecule has 0 fully saturated rings. The lowest BCUT2D eigenvalue weighted by Crippen LogP contribution is -1.94. The number of carboxylic acids is 1. The third-order valence-corrected chi connectivity index (χ3v) is 2.69. The van der Waals surface area contributed by atoms with Gasteiger partial charge in [0.2, 0.25) is 0 Å². The molecule has 2 N–H and O–H groups in total. The van der Waals surface area contributed by atoms with Gasteiger partial charge in [0, 0.05) is 0 Å². The van der Waals surface area contributed by atoms with Crippen LogP contribution in [0, 0.1) is 0 Å². The Morgan fingerprint density at radius 3 is 1.72 bits per heavy atom. The van der Waals surface area contributed by atoms with E-state index in [1.807, 2.05) is 18.2 Å². The number of rotatable bonds is 3. The summed E-state index contributed by atoms with van der Waals surface area (Å²) in [5.74, 6) is -0.0310. The first-order chi connectivity index (χ1) is 8.31. The average molecular weight is 273 g/mol. The van der Waals surface area contributed by atoms with Crippen LogP contribution < -0.4 is 0 Å². The Morgan fingerprint density at radius 1 is 1.17 bits per heavy atom. The molecule has 0 aliphatic carbocycles. The second-order valence-electron chi connectivity index (χ2n) is 4.62.